The molecule has 0 saturated heterocycles. The maximum Gasteiger partial charge on any atom is 0.587 e. The Balaban J connectivity index is 2.04. The van der Waals surface area contributed by atoms with Gasteiger partial charge in [-0.15, -0.1) is 0 Å². The molecule has 0 spiro atoms. The Morgan fingerprint density at radius 3 is 2.14 bits per heavy atom. The summed E-state index contributed by atoms with van der Waals surface area (Å²) in [7, 11) is -3.78. The van der Waals surface area contributed by atoms with E-state index in [9.17, 15) is 4.57 Å². The zero-order valence-corrected chi connectivity index (χ0v) is 18.7. The molecule has 0 N–H and O–H groups in total. The zero-order valence-electron chi connectivity index (χ0n) is 17.8. The third-order valence-corrected chi connectivity index (χ3v) is 6.04. The second kappa shape index (κ2) is 13.5. The van der Waals surface area contributed by atoms with E-state index in [1.54, 1.807) is 12.1 Å². The van der Waals surface area contributed by atoms with E-state index in [0.717, 1.165) is 37.7 Å². The van der Waals surface area contributed by atoms with E-state index in [0.29, 0.717) is 18.1 Å². The summed E-state index contributed by atoms with van der Waals surface area (Å²) in [6.07, 6.45) is 9.78. The number of hydrogen-bond acceptors (Lipinski definition) is 4. The zero-order chi connectivity index (χ0) is 20.8. The van der Waals surface area contributed by atoms with Gasteiger partial charge in [0.2, 0.25) is 0 Å². The number of rotatable bonds is 15. The Bertz CT molecular complexity index is 733. The third kappa shape index (κ3) is 9.06. The molecule has 2 rings (SSSR count). The van der Waals surface area contributed by atoms with Gasteiger partial charge in [0.25, 0.3) is 0 Å². The molecule has 0 amide bonds. The summed E-state index contributed by atoms with van der Waals surface area (Å²) >= 11 is 0. The van der Waals surface area contributed by atoms with Crippen molar-refractivity contribution in [2.24, 2.45) is 0 Å². The van der Waals surface area contributed by atoms with E-state index in [4.69, 9.17) is 13.6 Å². The van der Waals surface area contributed by atoms with Crippen LogP contribution in [0.1, 0.15) is 70.8 Å². The first kappa shape index (κ1) is 23.5. The van der Waals surface area contributed by atoms with Gasteiger partial charge in [0, 0.05) is 0 Å². The van der Waals surface area contributed by atoms with Crippen LogP contribution in [0.4, 0.5) is 0 Å². The summed E-state index contributed by atoms with van der Waals surface area (Å²) in [5.74, 6) is 1.05. The molecule has 0 fully saturated rings. The highest BCUT2D eigenvalue weighted by Crippen LogP contribution is 2.50. The lowest BCUT2D eigenvalue weighted by molar-refractivity contribution is 0.204. The van der Waals surface area contributed by atoms with Crippen molar-refractivity contribution in [3.05, 3.63) is 60.2 Å². The first-order valence-electron chi connectivity index (χ1n) is 10.9. The number of phosphoric acid groups is 1. The predicted octanol–water partition coefficient (Wildman–Crippen LogP) is 7.97. The first-order valence-corrected chi connectivity index (χ1v) is 12.4. The third-order valence-electron chi connectivity index (χ3n) is 4.69. The molecule has 160 valence electrons. The number of aryl methyl sites for hydroxylation is 1. The van der Waals surface area contributed by atoms with E-state index >= 15 is 0 Å². The van der Waals surface area contributed by atoms with Crippen molar-refractivity contribution in [3.63, 3.8) is 0 Å². The van der Waals surface area contributed by atoms with Crippen LogP contribution >= 0.6 is 7.82 Å². The van der Waals surface area contributed by atoms with Crippen LogP contribution in [0.25, 0.3) is 0 Å². The van der Waals surface area contributed by atoms with Gasteiger partial charge >= 0.3 is 7.82 Å². The van der Waals surface area contributed by atoms with E-state index in [-0.39, 0.29) is 0 Å². The molecule has 2 aromatic rings. The molecule has 0 bridgehead atoms. The van der Waals surface area contributed by atoms with Gasteiger partial charge in [0.05, 0.1) is 6.61 Å². The van der Waals surface area contributed by atoms with Crippen LogP contribution in [-0.2, 0) is 15.5 Å². The molecule has 4 nitrogen and oxygen atoms in total. The predicted molar refractivity (Wildman–Crippen MR) is 120 cm³/mol. The molecule has 2 aromatic carbocycles. The topological polar surface area (TPSA) is 44.8 Å². The number of benzene rings is 2. The number of phosphoric ester groups is 1. The van der Waals surface area contributed by atoms with Crippen LogP contribution in [0.15, 0.2) is 54.6 Å². The van der Waals surface area contributed by atoms with Gasteiger partial charge in [-0.25, -0.2) is 4.57 Å². The van der Waals surface area contributed by atoms with Gasteiger partial charge in [0.1, 0.15) is 11.5 Å². The van der Waals surface area contributed by atoms with Crippen molar-refractivity contribution in [1.29, 1.82) is 0 Å². The van der Waals surface area contributed by atoms with E-state index in [1.807, 2.05) is 42.5 Å². The van der Waals surface area contributed by atoms with Crippen molar-refractivity contribution in [1.82, 2.24) is 0 Å². The summed E-state index contributed by atoms with van der Waals surface area (Å²) in [5.41, 5.74) is 1.02. The minimum atomic E-state index is -3.78. The van der Waals surface area contributed by atoms with Crippen molar-refractivity contribution in [3.8, 4) is 11.5 Å². The second-order valence-electron chi connectivity index (χ2n) is 7.26. The van der Waals surface area contributed by atoms with Crippen LogP contribution in [0.5, 0.6) is 11.5 Å². The molecule has 1 unspecified atom stereocenters. The Hall–Kier alpha value is -1.77. The number of unbranched alkanes of at least 4 members (excludes halogenated alkanes) is 6. The van der Waals surface area contributed by atoms with Crippen molar-refractivity contribution >= 4 is 7.82 Å². The molecule has 5 heteroatoms. The van der Waals surface area contributed by atoms with Crippen molar-refractivity contribution < 1.29 is 18.1 Å². The molecule has 0 saturated carbocycles. The first-order chi connectivity index (χ1) is 14.2. The molecule has 0 aliphatic heterocycles. The molecule has 0 aliphatic carbocycles. The van der Waals surface area contributed by atoms with Crippen LogP contribution in [0, 0.1) is 0 Å². The molecule has 0 aromatic heterocycles. The van der Waals surface area contributed by atoms with Crippen LogP contribution in [-0.4, -0.2) is 6.61 Å². The standard InChI is InChI=1S/C24H35O4P/c1-3-5-7-8-9-15-21-26-29(25,27-23-18-11-10-12-19-23)28-24-20-14-13-17-22(24)16-6-4-2/h10-14,17-20H,3-9,15-16,21H2,1-2H3. The maximum atomic E-state index is 13.4. The molecular formula is C24H35O4P. The Labute approximate surface area is 176 Å². The van der Waals surface area contributed by atoms with Gasteiger partial charge in [-0.3, -0.25) is 4.52 Å². The van der Waals surface area contributed by atoms with Gasteiger partial charge in [-0.2, -0.15) is 0 Å². The minimum Gasteiger partial charge on any atom is -0.395 e. The van der Waals surface area contributed by atoms with E-state index in [2.05, 4.69) is 13.8 Å². The Morgan fingerprint density at radius 2 is 1.38 bits per heavy atom. The lowest BCUT2D eigenvalue weighted by Gasteiger charge is -2.20. The Morgan fingerprint density at radius 1 is 0.724 bits per heavy atom. The summed E-state index contributed by atoms with van der Waals surface area (Å²) in [6.45, 7) is 4.71. The fourth-order valence-corrected chi connectivity index (χ4v) is 4.32. The quantitative estimate of drug-likeness (QED) is 0.217. The number of hydrogen-bond donors (Lipinski definition) is 0. The molecule has 0 radical (unpaired) electrons. The largest absolute Gasteiger partial charge is 0.587 e. The smallest absolute Gasteiger partial charge is 0.395 e. The lowest BCUT2D eigenvalue weighted by atomic mass is 10.1. The molecule has 29 heavy (non-hydrogen) atoms. The highest BCUT2D eigenvalue weighted by Gasteiger charge is 2.31. The lowest BCUT2D eigenvalue weighted by Crippen LogP contribution is -2.07. The van der Waals surface area contributed by atoms with E-state index in [1.165, 1.54) is 25.7 Å². The normalized spacial score (nSPS) is 13.0. The average Bonchev–Trinajstić information content (AvgIpc) is 2.73. The second-order valence-corrected chi connectivity index (χ2v) is 8.77. The summed E-state index contributed by atoms with van der Waals surface area (Å²) in [4.78, 5) is 0. The summed E-state index contributed by atoms with van der Waals surface area (Å²) in [5, 5.41) is 0. The summed E-state index contributed by atoms with van der Waals surface area (Å²) < 4.78 is 30.8. The molecule has 0 aliphatic rings. The van der Waals surface area contributed by atoms with E-state index < -0.39 is 7.82 Å². The van der Waals surface area contributed by atoms with Crippen molar-refractivity contribution in [2.45, 2.75) is 71.6 Å². The highest BCUT2D eigenvalue weighted by molar-refractivity contribution is 7.49. The van der Waals surface area contributed by atoms with Crippen molar-refractivity contribution in [2.75, 3.05) is 6.61 Å². The molecular weight excluding hydrogens is 383 g/mol. The molecule has 0 heterocycles. The van der Waals surface area contributed by atoms with Crippen LogP contribution < -0.4 is 9.05 Å². The Kier molecular flexibility index (Phi) is 10.9. The monoisotopic (exact) mass is 418 g/mol. The SMILES string of the molecule is CCCCCCCCOP(=O)(Oc1ccccc1)Oc1ccccc1CCCC. The van der Waals surface area contributed by atoms with Gasteiger partial charge < -0.3 is 9.05 Å². The highest BCUT2D eigenvalue weighted by atomic mass is 31.2. The van der Waals surface area contributed by atoms with Crippen LogP contribution in [0.2, 0.25) is 0 Å². The molecule has 1 atom stereocenters. The minimum absolute atomic E-state index is 0.355. The fraction of sp³-hybridized carbons (Fsp3) is 0.500. The summed E-state index contributed by atoms with van der Waals surface area (Å²) in [6, 6.07) is 16.8. The number of para-hydroxylation sites is 2. The fourth-order valence-electron chi connectivity index (χ4n) is 3.03. The maximum absolute atomic E-state index is 13.4. The van der Waals surface area contributed by atoms with Crippen LogP contribution in [0.3, 0.4) is 0 Å². The van der Waals surface area contributed by atoms with Gasteiger partial charge in [-0.1, -0.05) is 88.8 Å². The van der Waals surface area contributed by atoms with Gasteiger partial charge in [0.15, 0.2) is 0 Å². The van der Waals surface area contributed by atoms with Gasteiger partial charge in [-0.05, 0) is 43.0 Å². The average molecular weight is 419 g/mol.